The quantitative estimate of drug-likeness (QED) is 0.598. The number of aromatic nitrogens is 1. The molecule has 7 nitrogen and oxygen atoms in total. The Balaban J connectivity index is 1.44. The van der Waals surface area contributed by atoms with Crippen molar-refractivity contribution >= 4 is 11.8 Å². The molecule has 1 unspecified atom stereocenters. The molecule has 1 aromatic heterocycles. The van der Waals surface area contributed by atoms with Gasteiger partial charge in [0.1, 0.15) is 24.3 Å². The Labute approximate surface area is 190 Å². The lowest BCUT2D eigenvalue weighted by Gasteiger charge is -2.24. The van der Waals surface area contributed by atoms with Crippen LogP contribution >= 0.6 is 0 Å². The Kier molecular flexibility index (Phi) is 8.51. The van der Waals surface area contributed by atoms with Gasteiger partial charge in [-0.25, -0.2) is 9.78 Å². The number of ether oxygens (including phenoxy) is 2. The van der Waals surface area contributed by atoms with Crippen molar-refractivity contribution in [3.05, 3.63) is 53.7 Å². The van der Waals surface area contributed by atoms with Crippen LogP contribution in [0.15, 0.2) is 42.6 Å². The van der Waals surface area contributed by atoms with E-state index in [0.717, 1.165) is 25.2 Å². The van der Waals surface area contributed by atoms with Gasteiger partial charge in [0.25, 0.3) is 0 Å². The highest BCUT2D eigenvalue weighted by Gasteiger charge is 2.31. The number of esters is 1. The van der Waals surface area contributed by atoms with Crippen LogP contribution in [0.3, 0.4) is 0 Å². The monoisotopic (exact) mass is 467 g/mol. The minimum Gasteiger partial charge on any atom is -0.491 e. The summed E-state index contributed by atoms with van der Waals surface area (Å²) in [7, 11) is 0. The van der Waals surface area contributed by atoms with Gasteiger partial charge in [0.2, 0.25) is 0 Å². The van der Waals surface area contributed by atoms with Gasteiger partial charge in [0.15, 0.2) is 0 Å². The summed E-state index contributed by atoms with van der Waals surface area (Å²) in [5.74, 6) is 0.656. The summed E-state index contributed by atoms with van der Waals surface area (Å²) in [6.07, 6.45) is -3.46. The van der Waals surface area contributed by atoms with Gasteiger partial charge in [-0.15, -0.1) is 0 Å². The van der Waals surface area contributed by atoms with Gasteiger partial charge in [-0.05, 0) is 56.3 Å². The number of rotatable bonds is 8. The maximum absolute atomic E-state index is 12.7. The number of anilines is 1. The number of benzene rings is 1. The molecular formula is C23H28F3N3O4. The van der Waals surface area contributed by atoms with Crippen LogP contribution in [0.5, 0.6) is 5.75 Å². The van der Waals surface area contributed by atoms with E-state index >= 15 is 0 Å². The third-order valence-corrected chi connectivity index (χ3v) is 5.26. The van der Waals surface area contributed by atoms with E-state index in [0.29, 0.717) is 49.9 Å². The van der Waals surface area contributed by atoms with E-state index in [2.05, 4.69) is 9.88 Å². The van der Waals surface area contributed by atoms with Crippen LogP contribution < -0.4 is 9.64 Å². The minimum atomic E-state index is -4.40. The van der Waals surface area contributed by atoms with Crippen molar-refractivity contribution in [2.24, 2.45) is 0 Å². The molecule has 0 aliphatic carbocycles. The smallest absolute Gasteiger partial charge is 0.417 e. The fourth-order valence-electron chi connectivity index (χ4n) is 3.57. The minimum absolute atomic E-state index is 0.0967. The summed E-state index contributed by atoms with van der Waals surface area (Å²) >= 11 is 0. The maximum atomic E-state index is 12.7. The zero-order chi connectivity index (χ0) is 23.8. The van der Waals surface area contributed by atoms with Crippen molar-refractivity contribution < 1.29 is 32.5 Å². The lowest BCUT2D eigenvalue weighted by Crippen LogP contribution is -2.38. The number of alkyl halides is 3. The predicted octanol–water partition coefficient (Wildman–Crippen LogP) is 3.23. The lowest BCUT2D eigenvalue weighted by molar-refractivity contribution is -0.137. The van der Waals surface area contributed by atoms with Crippen LogP contribution in [-0.2, 0) is 10.9 Å². The van der Waals surface area contributed by atoms with Crippen LogP contribution in [0.2, 0.25) is 0 Å². The zero-order valence-corrected chi connectivity index (χ0v) is 18.4. The molecule has 1 fully saturated rings. The fraction of sp³-hybridized carbons (Fsp3) is 0.478. The average molecular weight is 467 g/mol. The van der Waals surface area contributed by atoms with Gasteiger partial charge < -0.3 is 19.5 Å². The molecule has 2 aromatic rings. The van der Waals surface area contributed by atoms with E-state index in [-0.39, 0.29) is 6.61 Å². The van der Waals surface area contributed by atoms with E-state index in [9.17, 15) is 23.1 Å². The van der Waals surface area contributed by atoms with Crippen molar-refractivity contribution in [2.75, 3.05) is 50.8 Å². The summed E-state index contributed by atoms with van der Waals surface area (Å²) in [6.45, 7) is 5.23. The summed E-state index contributed by atoms with van der Waals surface area (Å²) in [5, 5.41) is 10.4. The number of hydrogen-bond donors (Lipinski definition) is 1. The number of aliphatic hydroxyl groups is 1. The summed E-state index contributed by atoms with van der Waals surface area (Å²) in [5.41, 5.74) is -0.331. The summed E-state index contributed by atoms with van der Waals surface area (Å²) in [6, 6.07) is 8.97. The molecule has 2 heterocycles. The number of β-amino-alcohol motifs (C(OH)–C–C–N with tert-alkyl or cyclic N) is 1. The number of halogens is 3. The molecule has 0 bridgehead atoms. The lowest BCUT2D eigenvalue weighted by atomic mass is 10.2. The Morgan fingerprint density at radius 3 is 2.52 bits per heavy atom. The Morgan fingerprint density at radius 1 is 1.12 bits per heavy atom. The number of hydrogen-bond acceptors (Lipinski definition) is 7. The third-order valence-electron chi connectivity index (χ3n) is 5.26. The first-order valence-corrected chi connectivity index (χ1v) is 10.8. The average Bonchev–Trinajstić information content (AvgIpc) is 3.03. The molecule has 0 amide bonds. The van der Waals surface area contributed by atoms with Crippen molar-refractivity contribution in [1.29, 1.82) is 0 Å². The second-order valence-electron chi connectivity index (χ2n) is 7.75. The highest BCUT2D eigenvalue weighted by Crippen LogP contribution is 2.29. The maximum Gasteiger partial charge on any atom is 0.417 e. The van der Waals surface area contributed by atoms with Crippen molar-refractivity contribution in [3.8, 4) is 5.75 Å². The van der Waals surface area contributed by atoms with Crippen LogP contribution in [0.4, 0.5) is 19.0 Å². The van der Waals surface area contributed by atoms with Gasteiger partial charge >= 0.3 is 12.1 Å². The normalized spacial score (nSPS) is 16.2. The van der Waals surface area contributed by atoms with Crippen LogP contribution in [0.25, 0.3) is 0 Å². The number of carbonyl (C=O) groups is 1. The first kappa shape index (κ1) is 24.8. The molecule has 3 rings (SSSR count). The molecule has 0 saturated carbocycles. The summed E-state index contributed by atoms with van der Waals surface area (Å²) < 4.78 is 48.8. The molecule has 1 aromatic carbocycles. The highest BCUT2D eigenvalue weighted by atomic mass is 19.4. The molecule has 0 spiro atoms. The third kappa shape index (κ3) is 7.33. The van der Waals surface area contributed by atoms with E-state index in [1.165, 1.54) is 6.07 Å². The topological polar surface area (TPSA) is 75.1 Å². The first-order chi connectivity index (χ1) is 15.8. The number of carbonyl (C=O) groups excluding carboxylic acids is 1. The summed E-state index contributed by atoms with van der Waals surface area (Å²) in [4.78, 5) is 19.7. The van der Waals surface area contributed by atoms with Crippen molar-refractivity contribution in [1.82, 2.24) is 9.88 Å². The van der Waals surface area contributed by atoms with E-state index in [1.54, 1.807) is 31.2 Å². The van der Waals surface area contributed by atoms with Crippen LogP contribution in [-0.4, -0.2) is 73.0 Å². The van der Waals surface area contributed by atoms with Gasteiger partial charge in [-0.1, -0.05) is 0 Å². The standard InChI is InChI=1S/C23H28F3N3O4/c1-2-32-22(31)17-4-7-20(8-5-17)33-16-19(30)15-28-10-3-11-29(13-12-28)21-9-6-18(14-27-21)23(24,25)26/h4-9,14,19,30H,2-3,10-13,15-16H2,1H3. The fourth-order valence-corrected chi connectivity index (χ4v) is 3.57. The second kappa shape index (κ2) is 11.3. The Hall–Kier alpha value is -2.85. The number of pyridine rings is 1. The van der Waals surface area contributed by atoms with Gasteiger partial charge in [-0.2, -0.15) is 13.2 Å². The first-order valence-electron chi connectivity index (χ1n) is 10.8. The largest absolute Gasteiger partial charge is 0.491 e. The van der Waals surface area contributed by atoms with E-state index < -0.39 is 23.8 Å². The highest BCUT2D eigenvalue weighted by molar-refractivity contribution is 5.89. The predicted molar refractivity (Wildman–Crippen MR) is 116 cm³/mol. The molecule has 1 N–H and O–H groups in total. The van der Waals surface area contributed by atoms with Gasteiger partial charge in [-0.3, -0.25) is 4.90 Å². The molecule has 1 atom stereocenters. The van der Waals surface area contributed by atoms with Gasteiger partial charge in [0.05, 0.1) is 17.7 Å². The molecule has 1 aliphatic heterocycles. The molecule has 10 heteroatoms. The molecule has 180 valence electrons. The second-order valence-corrected chi connectivity index (χ2v) is 7.75. The SMILES string of the molecule is CCOC(=O)c1ccc(OCC(O)CN2CCCN(c3ccc(C(F)(F)F)cn3)CC2)cc1. The number of nitrogens with zero attached hydrogens (tertiary/aromatic N) is 3. The van der Waals surface area contributed by atoms with E-state index in [1.807, 2.05) is 4.90 Å². The van der Waals surface area contributed by atoms with Gasteiger partial charge in [0, 0.05) is 32.4 Å². The molecule has 0 radical (unpaired) electrons. The van der Waals surface area contributed by atoms with Crippen LogP contribution in [0, 0.1) is 0 Å². The van der Waals surface area contributed by atoms with Crippen LogP contribution in [0.1, 0.15) is 29.3 Å². The van der Waals surface area contributed by atoms with E-state index in [4.69, 9.17) is 9.47 Å². The van der Waals surface area contributed by atoms with Crippen molar-refractivity contribution in [2.45, 2.75) is 25.6 Å². The Bertz CT molecular complexity index is 891. The Morgan fingerprint density at radius 2 is 1.88 bits per heavy atom. The van der Waals surface area contributed by atoms with Crippen molar-refractivity contribution in [3.63, 3.8) is 0 Å². The number of aliphatic hydroxyl groups excluding tert-OH is 1. The zero-order valence-electron chi connectivity index (χ0n) is 18.4. The molecule has 1 aliphatic rings. The molecule has 1 saturated heterocycles. The molecular weight excluding hydrogens is 439 g/mol. The molecule has 33 heavy (non-hydrogen) atoms.